The number of hydrogen-bond donors (Lipinski definition) is 1. The van der Waals surface area contributed by atoms with Crippen LogP contribution in [0.2, 0.25) is 0 Å². The van der Waals surface area contributed by atoms with Crippen LogP contribution in [0.4, 0.5) is 0 Å². The maximum Gasteiger partial charge on any atom is 0.326 e. The van der Waals surface area contributed by atoms with Gasteiger partial charge < -0.3 is 14.4 Å². The SMILES string of the molecule is Cc1ccoc1C(=O)N(C)[C@@H](Cc1ccccc1)C(=O)O. The highest BCUT2D eigenvalue weighted by Gasteiger charge is 2.29. The molecule has 0 saturated carbocycles. The Morgan fingerprint density at radius 1 is 1.24 bits per heavy atom. The van der Waals surface area contributed by atoms with E-state index in [4.69, 9.17) is 4.42 Å². The van der Waals surface area contributed by atoms with Crippen LogP contribution in [0, 0.1) is 6.92 Å². The molecule has 1 heterocycles. The average Bonchev–Trinajstić information content (AvgIpc) is 2.90. The zero-order chi connectivity index (χ0) is 15.4. The monoisotopic (exact) mass is 287 g/mol. The normalized spacial score (nSPS) is 11.9. The van der Waals surface area contributed by atoms with Gasteiger partial charge >= 0.3 is 5.97 Å². The van der Waals surface area contributed by atoms with Gasteiger partial charge in [-0.05, 0) is 18.6 Å². The number of carbonyl (C=O) groups excluding carboxylic acids is 1. The van der Waals surface area contributed by atoms with E-state index in [2.05, 4.69) is 0 Å². The largest absolute Gasteiger partial charge is 0.480 e. The van der Waals surface area contributed by atoms with Crippen LogP contribution < -0.4 is 0 Å². The average molecular weight is 287 g/mol. The summed E-state index contributed by atoms with van der Waals surface area (Å²) in [4.78, 5) is 25.0. The van der Waals surface area contributed by atoms with E-state index >= 15 is 0 Å². The van der Waals surface area contributed by atoms with Gasteiger partial charge in [0.05, 0.1) is 6.26 Å². The third-order valence-electron chi connectivity index (χ3n) is 3.40. The van der Waals surface area contributed by atoms with Crippen LogP contribution in [0.25, 0.3) is 0 Å². The maximum atomic E-state index is 12.3. The fraction of sp³-hybridized carbons (Fsp3) is 0.250. The van der Waals surface area contributed by atoms with Gasteiger partial charge in [-0.25, -0.2) is 4.79 Å². The predicted octanol–water partition coefficient (Wildman–Crippen LogP) is 2.36. The Labute approximate surface area is 122 Å². The second-order valence-electron chi connectivity index (χ2n) is 4.89. The lowest BCUT2D eigenvalue weighted by atomic mass is 10.0. The van der Waals surface area contributed by atoms with Crippen molar-refractivity contribution >= 4 is 11.9 Å². The second-order valence-corrected chi connectivity index (χ2v) is 4.89. The van der Waals surface area contributed by atoms with E-state index in [9.17, 15) is 14.7 Å². The smallest absolute Gasteiger partial charge is 0.326 e. The number of amides is 1. The second kappa shape index (κ2) is 6.26. The molecule has 2 aromatic rings. The van der Waals surface area contributed by atoms with E-state index in [1.165, 1.54) is 18.2 Å². The van der Waals surface area contributed by atoms with Gasteiger partial charge in [-0.3, -0.25) is 4.79 Å². The van der Waals surface area contributed by atoms with Crippen molar-refractivity contribution in [2.45, 2.75) is 19.4 Å². The zero-order valence-electron chi connectivity index (χ0n) is 11.9. The van der Waals surface area contributed by atoms with Gasteiger partial charge in [-0.15, -0.1) is 0 Å². The lowest BCUT2D eigenvalue weighted by Crippen LogP contribution is -2.43. The van der Waals surface area contributed by atoms with Crippen LogP contribution in [0.1, 0.15) is 21.7 Å². The van der Waals surface area contributed by atoms with Gasteiger partial charge in [-0.1, -0.05) is 30.3 Å². The molecule has 0 aliphatic rings. The Balaban J connectivity index is 2.20. The van der Waals surface area contributed by atoms with Crippen LogP contribution in [0.15, 0.2) is 47.1 Å². The molecule has 1 aromatic carbocycles. The third-order valence-corrected chi connectivity index (χ3v) is 3.40. The van der Waals surface area contributed by atoms with Crippen LogP contribution >= 0.6 is 0 Å². The number of aryl methyl sites for hydroxylation is 1. The molecule has 21 heavy (non-hydrogen) atoms. The minimum Gasteiger partial charge on any atom is -0.480 e. The zero-order valence-corrected chi connectivity index (χ0v) is 11.9. The van der Waals surface area contributed by atoms with Gasteiger partial charge in [0.25, 0.3) is 5.91 Å². The van der Waals surface area contributed by atoms with Crippen molar-refractivity contribution in [3.05, 3.63) is 59.5 Å². The van der Waals surface area contributed by atoms with Crippen molar-refractivity contribution in [3.8, 4) is 0 Å². The van der Waals surface area contributed by atoms with E-state index in [1.807, 2.05) is 30.3 Å². The van der Waals surface area contributed by atoms with Gasteiger partial charge in [0.1, 0.15) is 6.04 Å². The summed E-state index contributed by atoms with van der Waals surface area (Å²) in [5.74, 6) is -1.29. The summed E-state index contributed by atoms with van der Waals surface area (Å²) < 4.78 is 5.14. The first-order chi connectivity index (χ1) is 10.0. The first-order valence-electron chi connectivity index (χ1n) is 6.58. The molecule has 0 spiro atoms. The number of carbonyl (C=O) groups is 2. The fourth-order valence-electron chi connectivity index (χ4n) is 2.12. The van der Waals surface area contributed by atoms with Crippen LogP contribution in [0.5, 0.6) is 0 Å². The van der Waals surface area contributed by atoms with Crippen molar-refractivity contribution in [2.24, 2.45) is 0 Å². The molecule has 2 rings (SSSR count). The first kappa shape index (κ1) is 14.8. The first-order valence-corrected chi connectivity index (χ1v) is 6.58. The minimum atomic E-state index is -1.04. The Bertz CT molecular complexity index is 633. The lowest BCUT2D eigenvalue weighted by Gasteiger charge is -2.24. The molecular formula is C16H17NO4. The Hall–Kier alpha value is -2.56. The van der Waals surface area contributed by atoms with Crippen molar-refractivity contribution in [1.29, 1.82) is 0 Å². The topological polar surface area (TPSA) is 70.8 Å². The molecule has 0 fully saturated rings. The third kappa shape index (κ3) is 3.31. The Morgan fingerprint density at radius 2 is 1.90 bits per heavy atom. The van der Waals surface area contributed by atoms with Crippen molar-refractivity contribution in [3.63, 3.8) is 0 Å². The van der Waals surface area contributed by atoms with Gasteiger partial charge in [-0.2, -0.15) is 0 Å². The van der Waals surface area contributed by atoms with E-state index in [0.717, 1.165) is 5.56 Å². The van der Waals surface area contributed by atoms with Gasteiger partial charge in [0.15, 0.2) is 5.76 Å². The fourth-order valence-corrected chi connectivity index (χ4v) is 2.12. The molecule has 5 nitrogen and oxygen atoms in total. The number of likely N-dealkylation sites (N-methyl/N-ethyl adjacent to an activating group) is 1. The molecule has 0 unspecified atom stereocenters. The van der Waals surface area contributed by atoms with Crippen LogP contribution in [0.3, 0.4) is 0 Å². The molecule has 0 radical (unpaired) electrons. The summed E-state index contributed by atoms with van der Waals surface area (Å²) in [6.45, 7) is 1.75. The lowest BCUT2D eigenvalue weighted by molar-refractivity contribution is -0.141. The van der Waals surface area contributed by atoms with Crippen molar-refractivity contribution in [1.82, 2.24) is 4.90 Å². The van der Waals surface area contributed by atoms with Crippen molar-refractivity contribution < 1.29 is 19.1 Å². The molecule has 0 bridgehead atoms. The number of aliphatic carboxylic acids is 1. The molecule has 110 valence electrons. The molecule has 0 aliphatic heterocycles. The molecule has 5 heteroatoms. The summed E-state index contributed by atoms with van der Waals surface area (Å²) in [6.07, 6.45) is 1.67. The van der Waals surface area contributed by atoms with Crippen molar-refractivity contribution in [2.75, 3.05) is 7.05 Å². The predicted molar refractivity (Wildman–Crippen MR) is 77.1 cm³/mol. The standard InChI is InChI=1S/C16H17NO4/c1-11-8-9-21-14(11)15(18)17(2)13(16(19)20)10-12-6-4-3-5-7-12/h3-9,13H,10H2,1-2H3,(H,19,20)/t13-/m0/s1. The van der Waals surface area contributed by atoms with E-state index in [0.29, 0.717) is 5.56 Å². The van der Waals surface area contributed by atoms with E-state index < -0.39 is 17.9 Å². The molecular weight excluding hydrogens is 270 g/mol. The number of nitrogens with zero attached hydrogens (tertiary/aromatic N) is 1. The number of benzene rings is 1. The summed E-state index contributed by atoms with van der Waals surface area (Å²) in [5, 5.41) is 9.40. The van der Waals surface area contributed by atoms with Gasteiger partial charge in [0, 0.05) is 19.0 Å². The minimum absolute atomic E-state index is 0.178. The Kier molecular flexibility index (Phi) is 4.42. The summed E-state index contributed by atoms with van der Waals surface area (Å²) >= 11 is 0. The number of carboxylic acid groups (broad SMARTS) is 1. The number of hydrogen-bond acceptors (Lipinski definition) is 3. The molecule has 1 N–H and O–H groups in total. The van der Waals surface area contributed by atoms with Gasteiger partial charge in [0.2, 0.25) is 0 Å². The molecule has 1 atom stereocenters. The highest BCUT2D eigenvalue weighted by molar-refractivity contribution is 5.95. The number of rotatable bonds is 5. The molecule has 1 amide bonds. The van der Waals surface area contributed by atoms with E-state index in [-0.39, 0.29) is 12.2 Å². The quantitative estimate of drug-likeness (QED) is 0.916. The van der Waals surface area contributed by atoms with E-state index in [1.54, 1.807) is 13.0 Å². The van der Waals surface area contributed by atoms with Crippen LogP contribution in [-0.4, -0.2) is 35.0 Å². The highest BCUT2D eigenvalue weighted by atomic mass is 16.4. The molecule has 0 aliphatic carbocycles. The summed E-state index contributed by atoms with van der Waals surface area (Å²) in [7, 11) is 1.48. The number of furan rings is 1. The number of carboxylic acids is 1. The summed E-state index contributed by atoms with van der Waals surface area (Å²) in [6, 6.07) is 9.96. The Morgan fingerprint density at radius 3 is 2.43 bits per heavy atom. The van der Waals surface area contributed by atoms with Crippen LogP contribution in [-0.2, 0) is 11.2 Å². The molecule has 0 saturated heterocycles. The molecule has 1 aromatic heterocycles. The summed E-state index contributed by atoms with van der Waals surface area (Å²) in [5.41, 5.74) is 1.55. The highest BCUT2D eigenvalue weighted by Crippen LogP contribution is 2.15. The maximum absolute atomic E-state index is 12.3.